The summed E-state index contributed by atoms with van der Waals surface area (Å²) in [5, 5.41) is 9.41. The van der Waals surface area contributed by atoms with E-state index in [9.17, 15) is 5.26 Å². The van der Waals surface area contributed by atoms with Gasteiger partial charge in [0.15, 0.2) is 0 Å². The topological polar surface area (TPSA) is 27.0 Å². The lowest BCUT2D eigenvalue weighted by atomic mass is 9.95. The Labute approximate surface area is 117 Å². The molecule has 1 saturated heterocycles. The Morgan fingerprint density at radius 2 is 1.63 bits per heavy atom. The summed E-state index contributed by atoms with van der Waals surface area (Å²) in [6.45, 7) is 7.59. The van der Waals surface area contributed by atoms with Crippen molar-refractivity contribution in [3.8, 4) is 6.07 Å². The van der Waals surface area contributed by atoms with Crippen LogP contribution in [-0.2, 0) is 0 Å². The third-order valence-corrected chi connectivity index (χ3v) is 4.05. The normalized spacial score (nSPS) is 18.2. The molecule has 1 aromatic rings. The van der Waals surface area contributed by atoms with E-state index in [1.54, 1.807) is 0 Å². The highest BCUT2D eigenvalue weighted by Gasteiger charge is 2.17. The third-order valence-electron chi connectivity index (χ3n) is 4.05. The Morgan fingerprint density at radius 3 is 2.16 bits per heavy atom. The summed E-state index contributed by atoms with van der Waals surface area (Å²) in [6, 6.07) is 11.1. The molecule has 0 N–H and O–H groups in total. The lowest BCUT2D eigenvalue weighted by molar-refractivity contribution is 0.225. The predicted octanol–water partition coefficient (Wildman–Crippen LogP) is 3.90. The van der Waals surface area contributed by atoms with Gasteiger partial charge in [-0.25, -0.2) is 0 Å². The summed E-state index contributed by atoms with van der Waals surface area (Å²) >= 11 is 0. The molecule has 19 heavy (non-hydrogen) atoms. The summed E-state index contributed by atoms with van der Waals surface area (Å²) in [7, 11) is 0. The van der Waals surface area contributed by atoms with Crippen molar-refractivity contribution in [3.05, 3.63) is 35.4 Å². The number of benzene rings is 1. The fourth-order valence-electron chi connectivity index (χ4n) is 2.73. The Balaban J connectivity index is 2.02. The fraction of sp³-hybridized carbons (Fsp3) is 0.588. The molecule has 1 aliphatic rings. The molecule has 2 nitrogen and oxygen atoms in total. The number of hydrogen-bond acceptors (Lipinski definition) is 2. The molecule has 1 fully saturated rings. The molecule has 0 radical (unpaired) electrons. The van der Waals surface area contributed by atoms with Gasteiger partial charge in [0.25, 0.3) is 0 Å². The van der Waals surface area contributed by atoms with Gasteiger partial charge in [0.1, 0.15) is 0 Å². The van der Waals surface area contributed by atoms with Gasteiger partial charge in [-0.05, 0) is 43.0 Å². The van der Waals surface area contributed by atoms with E-state index in [0.717, 1.165) is 25.2 Å². The molecule has 1 aromatic carbocycles. The monoisotopic (exact) mass is 256 g/mol. The van der Waals surface area contributed by atoms with Crippen molar-refractivity contribution in [2.24, 2.45) is 0 Å². The minimum absolute atomic E-state index is 0.0133. The Kier molecular flexibility index (Phi) is 4.99. The molecule has 1 aliphatic heterocycles. The molecular formula is C17H24N2. The summed E-state index contributed by atoms with van der Waals surface area (Å²) in [5.74, 6) is 0.566. The molecule has 102 valence electrons. The van der Waals surface area contributed by atoms with Gasteiger partial charge in [-0.2, -0.15) is 5.26 Å². The highest BCUT2D eigenvalue weighted by molar-refractivity contribution is 5.30. The summed E-state index contributed by atoms with van der Waals surface area (Å²) < 4.78 is 0. The van der Waals surface area contributed by atoms with E-state index in [1.807, 2.05) is 0 Å². The van der Waals surface area contributed by atoms with Crippen molar-refractivity contribution >= 4 is 0 Å². The van der Waals surface area contributed by atoms with E-state index >= 15 is 0 Å². The van der Waals surface area contributed by atoms with Crippen LogP contribution in [0.15, 0.2) is 24.3 Å². The second kappa shape index (κ2) is 6.73. The lowest BCUT2D eigenvalue weighted by Gasteiger charge is -2.28. The van der Waals surface area contributed by atoms with Crippen LogP contribution in [0.3, 0.4) is 0 Å². The van der Waals surface area contributed by atoms with Gasteiger partial charge >= 0.3 is 0 Å². The van der Waals surface area contributed by atoms with Crippen LogP contribution < -0.4 is 0 Å². The maximum atomic E-state index is 9.41. The number of nitriles is 1. The van der Waals surface area contributed by atoms with Crippen molar-refractivity contribution in [3.63, 3.8) is 0 Å². The molecule has 1 unspecified atom stereocenters. The average molecular weight is 256 g/mol. The van der Waals surface area contributed by atoms with Crippen LogP contribution in [0.2, 0.25) is 0 Å². The quantitative estimate of drug-likeness (QED) is 0.817. The molecule has 2 heteroatoms. The smallest absolute Gasteiger partial charge is 0.0839 e. The first-order chi connectivity index (χ1) is 9.20. The summed E-state index contributed by atoms with van der Waals surface area (Å²) in [5.41, 5.74) is 2.51. The van der Waals surface area contributed by atoms with Gasteiger partial charge in [-0.1, -0.05) is 44.5 Å². The van der Waals surface area contributed by atoms with E-state index in [1.165, 1.54) is 24.8 Å². The first kappa shape index (κ1) is 14.1. The van der Waals surface area contributed by atoms with Crippen LogP contribution in [-0.4, -0.2) is 24.5 Å². The molecule has 0 bridgehead atoms. The average Bonchev–Trinajstić information content (AvgIpc) is 2.46. The van der Waals surface area contributed by atoms with Gasteiger partial charge < -0.3 is 4.90 Å². The van der Waals surface area contributed by atoms with Crippen molar-refractivity contribution in [1.29, 1.82) is 5.26 Å². The minimum Gasteiger partial charge on any atom is -0.302 e. The molecule has 0 aliphatic carbocycles. The van der Waals surface area contributed by atoms with Crippen LogP contribution in [0.4, 0.5) is 0 Å². The van der Waals surface area contributed by atoms with Crippen LogP contribution in [0.5, 0.6) is 0 Å². The number of likely N-dealkylation sites (tertiary alicyclic amines) is 1. The SMILES string of the molecule is CC(C)c1ccc(C(C#N)CN2CCCCC2)cc1. The van der Waals surface area contributed by atoms with Gasteiger partial charge in [-0.15, -0.1) is 0 Å². The largest absolute Gasteiger partial charge is 0.302 e. The minimum atomic E-state index is 0.0133. The number of rotatable bonds is 4. The lowest BCUT2D eigenvalue weighted by Crippen LogP contribution is -2.33. The molecular weight excluding hydrogens is 232 g/mol. The zero-order chi connectivity index (χ0) is 13.7. The molecule has 0 saturated carbocycles. The van der Waals surface area contributed by atoms with Crippen LogP contribution in [0, 0.1) is 11.3 Å². The second-order valence-corrected chi connectivity index (χ2v) is 5.86. The number of hydrogen-bond donors (Lipinski definition) is 0. The molecule has 0 aromatic heterocycles. The maximum Gasteiger partial charge on any atom is 0.0839 e. The molecule has 2 rings (SSSR count). The van der Waals surface area contributed by atoms with Gasteiger partial charge in [0.2, 0.25) is 0 Å². The van der Waals surface area contributed by atoms with Crippen molar-refractivity contribution in [1.82, 2.24) is 4.90 Å². The zero-order valence-corrected chi connectivity index (χ0v) is 12.1. The molecule has 1 heterocycles. The van der Waals surface area contributed by atoms with E-state index in [0.29, 0.717) is 5.92 Å². The van der Waals surface area contributed by atoms with Crippen LogP contribution in [0.1, 0.15) is 56.1 Å². The van der Waals surface area contributed by atoms with Gasteiger partial charge in [0, 0.05) is 6.54 Å². The van der Waals surface area contributed by atoms with Crippen LogP contribution in [0.25, 0.3) is 0 Å². The maximum absolute atomic E-state index is 9.41. The van der Waals surface area contributed by atoms with Gasteiger partial charge in [0.05, 0.1) is 12.0 Å². The fourth-order valence-corrected chi connectivity index (χ4v) is 2.73. The standard InChI is InChI=1S/C17H24N2/c1-14(2)15-6-8-16(9-7-15)17(12-18)13-19-10-4-3-5-11-19/h6-9,14,17H,3-5,10-11,13H2,1-2H3. The van der Waals surface area contributed by atoms with Crippen molar-refractivity contribution < 1.29 is 0 Å². The first-order valence-electron chi connectivity index (χ1n) is 7.42. The second-order valence-electron chi connectivity index (χ2n) is 5.86. The van der Waals surface area contributed by atoms with E-state index < -0.39 is 0 Å². The highest BCUT2D eigenvalue weighted by atomic mass is 15.1. The van der Waals surface area contributed by atoms with Crippen molar-refractivity contribution in [2.75, 3.05) is 19.6 Å². The molecule has 0 spiro atoms. The zero-order valence-electron chi connectivity index (χ0n) is 12.1. The van der Waals surface area contributed by atoms with E-state index in [-0.39, 0.29) is 5.92 Å². The Bertz CT molecular complexity index is 422. The van der Waals surface area contributed by atoms with Crippen LogP contribution >= 0.6 is 0 Å². The summed E-state index contributed by atoms with van der Waals surface area (Å²) in [6.07, 6.45) is 3.91. The highest BCUT2D eigenvalue weighted by Crippen LogP contribution is 2.22. The third kappa shape index (κ3) is 3.81. The number of piperidine rings is 1. The summed E-state index contributed by atoms with van der Waals surface area (Å²) in [4.78, 5) is 2.44. The predicted molar refractivity (Wildman–Crippen MR) is 79.2 cm³/mol. The Morgan fingerprint density at radius 1 is 1.05 bits per heavy atom. The van der Waals surface area contributed by atoms with Crippen molar-refractivity contribution in [2.45, 2.75) is 44.9 Å². The van der Waals surface area contributed by atoms with E-state index in [2.05, 4.69) is 49.1 Å². The van der Waals surface area contributed by atoms with Gasteiger partial charge in [-0.3, -0.25) is 0 Å². The molecule has 1 atom stereocenters. The molecule has 0 amide bonds. The van der Waals surface area contributed by atoms with E-state index in [4.69, 9.17) is 0 Å². The number of nitrogens with zero attached hydrogens (tertiary/aromatic N) is 2. The Hall–Kier alpha value is -1.33. The first-order valence-corrected chi connectivity index (χ1v) is 7.42.